The summed E-state index contributed by atoms with van der Waals surface area (Å²) in [6.07, 6.45) is 1.65. The molecule has 0 unspecified atom stereocenters. The molecule has 0 atom stereocenters. The van der Waals surface area contributed by atoms with Crippen LogP contribution in [0.5, 0.6) is 0 Å². The van der Waals surface area contributed by atoms with Crippen molar-refractivity contribution in [1.29, 1.82) is 0 Å². The summed E-state index contributed by atoms with van der Waals surface area (Å²) in [4.78, 5) is 16.9. The van der Waals surface area contributed by atoms with Crippen molar-refractivity contribution in [3.8, 4) is 0 Å². The molecule has 2 aromatic rings. The standard InChI is InChI=1S/C16H9Cl3N2OS/c17-10-5-3-6-11(18)9(10)8-14-15(22)21-16(23-14)20-13-7-2-1-4-12(13)19/h1-8H,(H,20,21,22). The van der Waals surface area contributed by atoms with E-state index in [-0.39, 0.29) is 5.91 Å². The van der Waals surface area contributed by atoms with Crippen molar-refractivity contribution >= 4 is 69.4 Å². The van der Waals surface area contributed by atoms with Gasteiger partial charge in [0.15, 0.2) is 5.17 Å². The number of nitrogens with one attached hydrogen (secondary N) is 1. The number of rotatable bonds is 2. The molecule has 0 bridgehead atoms. The molecule has 23 heavy (non-hydrogen) atoms. The van der Waals surface area contributed by atoms with Crippen LogP contribution >= 0.6 is 46.6 Å². The predicted molar refractivity (Wildman–Crippen MR) is 98.7 cm³/mol. The van der Waals surface area contributed by atoms with Gasteiger partial charge >= 0.3 is 0 Å². The van der Waals surface area contributed by atoms with E-state index < -0.39 is 0 Å². The molecule has 0 aromatic heterocycles. The molecule has 1 aliphatic rings. The van der Waals surface area contributed by atoms with Gasteiger partial charge in [-0.15, -0.1) is 0 Å². The van der Waals surface area contributed by atoms with Crippen LogP contribution < -0.4 is 5.32 Å². The van der Waals surface area contributed by atoms with E-state index in [1.54, 1.807) is 36.4 Å². The average molecular weight is 384 g/mol. The lowest BCUT2D eigenvalue weighted by molar-refractivity contribution is -0.115. The van der Waals surface area contributed by atoms with Gasteiger partial charge in [-0.05, 0) is 42.1 Å². The maximum atomic E-state index is 12.1. The number of amidine groups is 1. The monoisotopic (exact) mass is 382 g/mol. The summed E-state index contributed by atoms with van der Waals surface area (Å²) in [6.45, 7) is 0. The first-order chi connectivity index (χ1) is 11.0. The van der Waals surface area contributed by atoms with E-state index >= 15 is 0 Å². The molecule has 0 radical (unpaired) electrons. The molecule has 2 aromatic carbocycles. The van der Waals surface area contributed by atoms with Crippen molar-refractivity contribution in [2.75, 3.05) is 0 Å². The molecule has 7 heteroatoms. The molecule has 1 amide bonds. The summed E-state index contributed by atoms with van der Waals surface area (Å²) in [5, 5.41) is 4.63. The summed E-state index contributed by atoms with van der Waals surface area (Å²) in [6, 6.07) is 12.3. The minimum atomic E-state index is -0.253. The zero-order valence-electron chi connectivity index (χ0n) is 11.5. The van der Waals surface area contributed by atoms with E-state index in [0.717, 1.165) is 0 Å². The van der Waals surface area contributed by atoms with Crippen LogP contribution in [-0.4, -0.2) is 11.1 Å². The van der Waals surface area contributed by atoms with Crippen LogP contribution in [0.3, 0.4) is 0 Å². The molecule has 0 saturated carbocycles. The van der Waals surface area contributed by atoms with Gasteiger partial charge in [0.05, 0.1) is 15.6 Å². The molecule has 116 valence electrons. The summed E-state index contributed by atoms with van der Waals surface area (Å²) in [5.41, 5.74) is 1.20. The lowest BCUT2D eigenvalue weighted by atomic mass is 10.2. The Balaban J connectivity index is 1.91. The van der Waals surface area contributed by atoms with Crippen LogP contribution in [-0.2, 0) is 4.79 Å². The highest BCUT2D eigenvalue weighted by atomic mass is 35.5. The second-order valence-corrected chi connectivity index (χ2v) is 6.82. The highest BCUT2D eigenvalue weighted by Gasteiger charge is 2.24. The Kier molecular flexibility index (Phi) is 4.97. The first-order valence-electron chi connectivity index (χ1n) is 6.53. The Labute approximate surface area is 152 Å². The largest absolute Gasteiger partial charge is 0.300 e. The highest BCUT2D eigenvalue weighted by molar-refractivity contribution is 8.18. The fourth-order valence-corrected chi connectivity index (χ4v) is 3.41. The van der Waals surface area contributed by atoms with Crippen molar-refractivity contribution in [2.24, 2.45) is 4.99 Å². The van der Waals surface area contributed by atoms with Gasteiger partial charge in [-0.3, -0.25) is 4.79 Å². The second kappa shape index (κ2) is 6.97. The van der Waals surface area contributed by atoms with E-state index in [0.29, 0.717) is 36.4 Å². The molecule has 0 aliphatic carbocycles. The van der Waals surface area contributed by atoms with Crippen molar-refractivity contribution in [3.63, 3.8) is 0 Å². The Hall–Kier alpha value is -1.46. The van der Waals surface area contributed by atoms with E-state index in [4.69, 9.17) is 34.8 Å². The zero-order valence-corrected chi connectivity index (χ0v) is 14.6. The zero-order chi connectivity index (χ0) is 16.4. The number of thioether (sulfide) groups is 1. The van der Waals surface area contributed by atoms with E-state index in [1.807, 2.05) is 12.1 Å². The number of para-hydroxylation sites is 1. The third-order valence-corrected chi connectivity index (χ3v) is 4.89. The van der Waals surface area contributed by atoms with Crippen molar-refractivity contribution < 1.29 is 4.79 Å². The number of nitrogens with zero attached hydrogens (tertiary/aromatic N) is 1. The summed E-state index contributed by atoms with van der Waals surface area (Å²) in [7, 11) is 0. The Morgan fingerprint density at radius 3 is 2.30 bits per heavy atom. The Bertz CT molecular complexity index is 829. The van der Waals surface area contributed by atoms with Crippen LogP contribution in [0.4, 0.5) is 5.69 Å². The molecule has 1 aliphatic heterocycles. The van der Waals surface area contributed by atoms with Crippen LogP contribution in [0, 0.1) is 0 Å². The quantitative estimate of drug-likeness (QED) is 0.692. The van der Waals surface area contributed by atoms with Gasteiger partial charge in [0.2, 0.25) is 0 Å². The van der Waals surface area contributed by atoms with E-state index in [2.05, 4.69) is 10.3 Å². The smallest absolute Gasteiger partial charge is 0.264 e. The maximum absolute atomic E-state index is 12.1. The van der Waals surface area contributed by atoms with E-state index in [1.165, 1.54) is 11.8 Å². The number of amides is 1. The molecule has 1 N–H and O–H groups in total. The molecular formula is C16H9Cl3N2OS. The topological polar surface area (TPSA) is 41.5 Å². The molecule has 1 saturated heterocycles. The van der Waals surface area contributed by atoms with Crippen LogP contribution in [0.25, 0.3) is 6.08 Å². The fraction of sp³-hybridized carbons (Fsp3) is 0. The SMILES string of the molecule is O=C1NC(=Nc2ccccc2Cl)SC1=Cc1c(Cl)cccc1Cl. The van der Waals surface area contributed by atoms with Gasteiger partial charge in [-0.2, -0.15) is 0 Å². The number of hydrogen-bond acceptors (Lipinski definition) is 3. The third kappa shape index (κ3) is 3.72. The van der Waals surface area contributed by atoms with Crippen molar-refractivity contribution in [3.05, 3.63) is 68.0 Å². The van der Waals surface area contributed by atoms with Gasteiger partial charge < -0.3 is 5.32 Å². The minimum Gasteiger partial charge on any atom is -0.300 e. The molecule has 3 rings (SSSR count). The third-order valence-electron chi connectivity index (χ3n) is 3.00. The maximum Gasteiger partial charge on any atom is 0.264 e. The van der Waals surface area contributed by atoms with Gasteiger partial charge in [0, 0.05) is 15.6 Å². The molecule has 0 spiro atoms. The molecule has 1 fully saturated rings. The van der Waals surface area contributed by atoms with Gasteiger partial charge in [0.1, 0.15) is 0 Å². The highest BCUT2D eigenvalue weighted by Crippen LogP contribution is 2.33. The normalized spacial score (nSPS) is 17.8. The van der Waals surface area contributed by atoms with Crippen LogP contribution in [0.2, 0.25) is 15.1 Å². The van der Waals surface area contributed by atoms with Crippen LogP contribution in [0.1, 0.15) is 5.56 Å². The number of carbonyl (C=O) groups excluding carboxylic acids is 1. The van der Waals surface area contributed by atoms with Crippen LogP contribution in [0.15, 0.2) is 52.4 Å². The molecule has 3 nitrogen and oxygen atoms in total. The van der Waals surface area contributed by atoms with Crippen molar-refractivity contribution in [1.82, 2.24) is 5.32 Å². The van der Waals surface area contributed by atoms with Crippen molar-refractivity contribution in [2.45, 2.75) is 0 Å². The van der Waals surface area contributed by atoms with Gasteiger partial charge in [-0.25, -0.2) is 4.99 Å². The molecular weight excluding hydrogens is 375 g/mol. The fourth-order valence-electron chi connectivity index (χ4n) is 1.91. The van der Waals surface area contributed by atoms with Gasteiger partial charge in [0.25, 0.3) is 5.91 Å². The van der Waals surface area contributed by atoms with E-state index in [9.17, 15) is 4.79 Å². The number of hydrogen-bond donors (Lipinski definition) is 1. The predicted octanol–water partition coefficient (Wildman–Crippen LogP) is 5.54. The lowest BCUT2D eigenvalue weighted by Gasteiger charge is -2.01. The second-order valence-electron chi connectivity index (χ2n) is 4.57. The number of benzene rings is 2. The number of aliphatic imine (C=N–C) groups is 1. The first kappa shape index (κ1) is 16.4. The Morgan fingerprint density at radius 2 is 1.61 bits per heavy atom. The summed E-state index contributed by atoms with van der Waals surface area (Å²) >= 11 is 19.5. The van der Waals surface area contributed by atoms with Gasteiger partial charge in [-0.1, -0.05) is 53.0 Å². The number of carbonyl (C=O) groups is 1. The number of halogens is 3. The summed E-state index contributed by atoms with van der Waals surface area (Å²) in [5.74, 6) is -0.253. The average Bonchev–Trinajstić information content (AvgIpc) is 2.85. The Morgan fingerprint density at radius 1 is 0.957 bits per heavy atom. The molecule has 1 heterocycles. The summed E-state index contributed by atoms with van der Waals surface area (Å²) < 4.78 is 0. The first-order valence-corrected chi connectivity index (χ1v) is 8.48. The minimum absolute atomic E-state index is 0.253. The lowest BCUT2D eigenvalue weighted by Crippen LogP contribution is -2.19.